The van der Waals surface area contributed by atoms with Crippen LogP contribution in [0.1, 0.15) is 19.4 Å². The van der Waals surface area contributed by atoms with Crippen LogP contribution >= 0.6 is 0 Å². The Kier molecular flexibility index (Phi) is 5.53. The van der Waals surface area contributed by atoms with E-state index in [1.54, 1.807) is 6.08 Å². The van der Waals surface area contributed by atoms with E-state index in [-0.39, 0.29) is 17.5 Å². The fourth-order valence-electron chi connectivity index (χ4n) is 1.36. The first kappa shape index (κ1) is 15.5. The molecule has 0 aromatic heterocycles. The first-order valence-electron chi connectivity index (χ1n) is 6.23. The summed E-state index contributed by atoms with van der Waals surface area (Å²) >= 11 is 0. The van der Waals surface area contributed by atoms with E-state index < -0.39 is 0 Å². The van der Waals surface area contributed by atoms with Crippen molar-refractivity contribution in [3.8, 4) is 0 Å². The van der Waals surface area contributed by atoms with E-state index in [1.807, 2.05) is 44.2 Å². The summed E-state index contributed by atoms with van der Waals surface area (Å²) < 4.78 is 0. The fourth-order valence-corrected chi connectivity index (χ4v) is 1.36. The van der Waals surface area contributed by atoms with Gasteiger partial charge in [0.15, 0.2) is 5.84 Å². The molecule has 20 heavy (non-hydrogen) atoms. The van der Waals surface area contributed by atoms with E-state index in [4.69, 9.17) is 16.7 Å². The molecule has 0 aliphatic carbocycles. The van der Waals surface area contributed by atoms with E-state index in [0.717, 1.165) is 5.56 Å². The Balaban J connectivity index is 3.17. The largest absolute Gasteiger partial charge is 0.409 e. The average molecular weight is 272 g/mol. The third-order valence-corrected chi connectivity index (χ3v) is 2.70. The molecule has 106 valence electrons. The van der Waals surface area contributed by atoms with Gasteiger partial charge < -0.3 is 16.7 Å². The fraction of sp³-hybridized carbons (Fsp3) is 0.200. The molecule has 0 aliphatic rings. The smallest absolute Gasteiger partial charge is 0.188 e. The lowest BCUT2D eigenvalue weighted by atomic mass is 10.1. The van der Waals surface area contributed by atoms with Crippen molar-refractivity contribution in [3.63, 3.8) is 0 Å². The third kappa shape index (κ3) is 4.28. The van der Waals surface area contributed by atoms with Crippen molar-refractivity contribution in [2.75, 3.05) is 0 Å². The third-order valence-electron chi connectivity index (χ3n) is 2.70. The second kappa shape index (κ2) is 7.13. The minimum Gasteiger partial charge on any atom is -0.409 e. The molecule has 1 aromatic rings. The SMILES string of the molecule is C=C(/N=C(\C=C(/N)c1ccccc1)C(/N)=N/O)C(C)C. The maximum atomic E-state index is 8.82. The van der Waals surface area contributed by atoms with Gasteiger partial charge in [0, 0.05) is 11.4 Å². The van der Waals surface area contributed by atoms with Gasteiger partial charge >= 0.3 is 0 Å². The van der Waals surface area contributed by atoms with Crippen LogP contribution in [-0.2, 0) is 0 Å². The molecule has 0 spiro atoms. The molecular weight excluding hydrogens is 252 g/mol. The van der Waals surface area contributed by atoms with Gasteiger partial charge in [0.05, 0.1) is 0 Å². The highest BCUT2D eigenvalue weighted by Gasteiger charge is 2.07. The highest BCUT2D eigenvalue weighted by molar-refractivity contribution is 6.46. The van der Waals surface area contributed by atoms with E-state index in [2.05, 4.69) is 16.7 Å². The van der Waals surface area contributed by atoms with Crippen LogP contribution in [0.25, 0.3) is 5.70 Å². The minimum atomic E-state index is -0.106. The Morgan fingerprint density at radius 1 is 1.25 bits per heavy atom. The number of hydrogen-bond donors (Lipinski definition) is 3. The molecular formula is C15H20N4O. The topological polar surface area (TPSA) is 97.0 Å². The van der Waals surface area contributed by atoms with Gasteiger partial charge in [0.2, 0.25) is 0 Å². The summed E-state index contributed by atoms with van der Waals surface area (Å²) in [6.45, 7) is 7.76. The van der Waals surface area contributed by atoms with Gasteiger partial charge in [-0.3, -0.25) is 0 Å². The maximum Gasteiger partial charge on any atom is 0.188 e. The highest BCUT2D eigenvalue weighted by Crippen LogP contribution is 2.11. The Bertz CT molecular complexity index is 556. The maximum absolute atomic E-state index is 8.82. The number of rotatable bonds is 5. The van der Waals surface area contributed by atoms with Crippen LogP contribution in [0.4, 0.5) is 0 Å². The van der Waals surface area contributed by atoms with Gasteiger partial charge in [0.1, 0.15) is 5.71 Å². The second-order valence-corrected chi connectivity index (χ2v) is 4.59. The van der Waals surface area contributed by atoms with E-state index in [0.29, 0.717) is 11.4 Å². The van der Waals surface area contributed by atoms with E-state index in [1.165, 1.54) is 0 Å². The first-order chi connectivity index (χ1) is 9.45. The lowest BCUT2D eigenvalue weighted by Gasteiger charge is -2.07. The molecule has 0 radical (unpaired) electrons. The minimum absolute atomic E-state index is 0.106. The standard InChI is InChI=1S/C15H20N4O/c1-10(2)11(3)18-14(15(17)19-20)9-13(16)12-7-5-4-6-8-12/h4-10,20H,3,16H2,1-2H3,(H2,17,19)/b13-9-,18-14+. The van der Waals surface area contributed by atoms with Crippen LogP contribution in [-0.4, -0.2) is 16.8 Å². The zero-order chi connectivity index (χ0) is 15.1. The number of allylic oxidation sites excluding steroid dienone is 1. The van der Waals surface area contributed by atoms with Gasteiger partial charge in [-0.1, -0.05) is 55.9 Å². The molecule has 5 heteroatoms. The normalized spacial score (nSPS) is 13.7. The molecule has 5 N–H and O–H groups in total. The van der Waals surface area contributed by atoms with Gasteiger partial charge in [0.25, 0.3) is 0 Å². The van der Waals surface area contributed by atoms with Crippen LogP contribution < -0.4 is 11.5 Å². The molecule has 1 aromatic carbocycles. The predicted molar refractivity (Wildman–Crippen MR) is 83.4 cm³/mol. The van der Waals surface area contributed by atoms with Crippen LogP contribution in [0.3, 0.4) is 0 Å². The number of nitrogens with zero attached hydrogens (tertiary/aromatic N) is 2. The lowest BCUT2D eigenvalue weighted by Crippen LogP contribution is -2.23. The summed E-state index contributed by atoms with van der Waals surface area (Å²) in [5.41, 5.74) is 13.8. The van der Waals surface area contributed by atoms with Crippen molar-refractivity contribution < 1.29 is 5.21 Å². The molecule has 0 amide bonds. The molecule has 0 fully saturated rings. The van der Waals surface area contributed by atoms with Gasteiger partial charge in [-0.15, -0.1) is 0 Å². The van der Waals surface area contributed by atoms with Gasteiger partial charge in [-0.2, -0.15) is 0 Å². The van der Waals surface area contributed by atoms with Gasteiger partial charge in [-0.05, 0) is 17.6 Å². The quantitative estimate of drug-likeness (QED) is 0.332. The Labute approximate surface area is 119 Å². The van der Waals surface area contributed by atoms with Crippen molar-refractivity contribution in [1.82, 2.24) is 0 Å². The number of amidine groups is 1. The van der Waals surface area contributed by atoms with Crippen molar-refractivity contribution in [2.24, 2.45) is 27.5 Å². The summed E-state index contributed by atoms with van der Waals surface area (Å²) in [6.07, 6.45) is 1.57. The van der Waals surface area contributed by atoms with E-state index >= 15 is 0 Å². The molecule has 0 saturated carbocycles. The van der Waals surface area contributed by atoms with Crippen LogP contribution in [0.5, 0.6) is 0 Å². The average Bonchev–Trinajstić information content (AvgIpc) is 2.46. The molecule has 0 unspecified atom stereocenters. The van der Waals surface area contributed by atoms with Crippen LogP contribution in [0, 0.1) is 5.92 Å². The zero-order valence-corrected chi connectivity index (χ0v) is 11.7. The Hall–Kier alpha value is -2.56. The molecule has 0 heterocycles. The monoisotopic (exact) mass is 272 g/mol. The van der Waals surface area contributed by atoms with Crippen molar-refractivity contribution in [3.05, 3.63) is 54.2 Å². The number of oxime groups is 1. The number of nitrogens with two attached hydrogens (primary N) is 2. The summed E-state index contributed by atoms with van der Waals surface area (Å²) in [5, 5.41) is 11.8. The van der Waals surface area contributed by atoms with E-state index in [9.17, 15) is 0 Å². The summed E-state index contributed by atoms with van der Waals surface area (Å²) in [7, 11) is 0. The zero-order valence-electron chi connectivity index (χ0n) is 11.7. The molecule has 1 rings (SSSR count). The number of benzene rings is 1. The molecule has 0 atom stereocenters. The summed E-state index contributed by atoms with van der Waals surface area (Å²) in [6, 6.07) is 9.39. The second-order valence-electron chi connectivity index (χ2n) is 4.59. The highest BCUT2D eigenvalue weighted by atomic mass is 16.4. The lowest BCUT2D eigenvalue weighted by molar-refractivity contribution is 0.319. The van der Waals surface area contributed by atoms with Gasteiger partial charge in [-0.25, -0.2) is 4.99 Å². The molecule has 0 saturated heterocycles. The first-order valence-corrected chi connectivity index (χ1v) is 6.23. The summed E-state index contributed by atoms with van der Waals surface area (Å²) in [4.78, 5) is 4.26. The number of hydrogen-bond acceptors (Lipinski definition) is 4. The molecule has 0 aliphatic heterocycles. The van der Waals surface area contributed by atoms with Crippen molar-refractivity contribution in [1.29, 1.82) is 0 Å². The molecule has 0 bridgehead atoms. The predicted octanol–water partition coefficient (Wildman–Crippen LogP) is 2.34. The van der Waals surface area contributed by atoms with Crippen molar-refractivity contribution in [2.45, 2.75) is 13.8 Å². The summed E-state index contributed by atoms with van der Waals surface area (Å²) in [5.74, 6) is 0.0496. The number of aliphatic imine (C=N–C) groups is 1. The Morgan fingerprint density at radius 3 is 2.35 bits per heavy atom. The van der Waals surface area contributed by atoms with Crippen LogP contribution in [0.2, 0.25) is 0 Å². The van der Waals surface area contributed by atoms with Crippen molar-refractivity contribution >= 4 is 17.2 Å². The Morgan fingerprint density at radius 2 is 1.85 bits per heavy atom. The molecule has 5 nitrogen and oxygen atoms in total. The van der Waals surface area contributed by atoms with Crippen LogP contribution in [0.15, 0.2) is 58.8 Å².